The SMILES string of the molecule is COC(=O)C1COCC(CC(C)C)N1. The van der Waals surface area contributed by atoms with Crippen molar-refractivity contribution in [3.63, 3.8) is 0 Å². The number of esters is 1. The summed E-state index contributed by atoms with van der Waals surface area (Å²) in [5.41, 5.74) is 0. The fourth-order valence-electron chi connectivity index (χ4n) is 1.69. The summed E-state index contributed by atoms with van der Waals surface area (Å²) in [6.45, 7) is 5.42. The summed E-state index contributed by atoms with van der Waals surface area (Å²) in [5.74, 6) is 0.367. The summed E-state index contributed by atoms with van der Waals surface area (Å²) >= 11 is 0. The second-order valence-electron chi connectivity index (χ2n) is 4.11. The monoisotopic (exact) mass is 201 g/mol. The largest absolute Gasteiger partial charge is 0.468 e. The summed E-state index contributed by atoms with van der Waals surface area (Å²) in [7, 11) is 1.40. The number of carbonyl (C=O) groups is 1. The first kappa shape index (κ1) is 11.5. The maximum absolute atomic E-state index is 11.2. The fraction of sp³-hybridized carbons (Fsp3) is 0.900. The third kappa shape index (κ3) is 3.27. The van der Waals surface area contributed by atoms with Gasteiger partial charge in [-0.3, -0.25) is 10.1 Å². The Bertz CT molecular complexity index is 194. The van der Waals surface area contributed by atoms with Crippen LogP contribution in [0.5, 0.6) is 0 Å². The average molecular weight is 201 g/mol. The second kappa shape index (κ2) is 5.32. The van der Waals surface area contributed by atoms with Crippen molar-refractivity contribution in [2.45, 2.75) is 32.4 Å². The van der Waals surface area contributed by atoms with E-state index in [0.717, 1.165) is 6.42 Å². The Morgan fingerprint density at radius 2 is 2.29 bits per heavy atom. The van der Waals surface area contributed by atoms with Crippen molar-refractivity contribution in [3.05, 3.63) is 0 Å². The number of hydrogen-bond acceptors (Lipinski definition) is 4. The van der Waals surface area contributed by atoms with Crippen molar-refractivity contribution in [2.24, 2.45) is 5.92 Å². The minimum atomic E-state index is -0.294. The van der Waals surface area contributed by atoms with Crippen LogP contribution in [0.3, 0.4) is 0 Å². The van der Waals surface area contributed by atoms with Gasteiger partial charge in [-0.15, -0.1) is 0 Å². The topological polar surface area (TPSA) is 47.6 Å². The van der Waals surface area contributed by atoms with Crippen LogP contribution < -0.4 is 5.32 Å². The van der Waals surface area contributed by atoms with Crippen LogP contribution in [0.4, 0.5) is 0 Å². The van der Waals surface area contributed by atoms with Crippen LogP contribution in [0, 0.1) is 5.92 Å². The lowest BCUT2D eigenvalue weighted by atomic mass is 10.0. The maximum atomic E-state index is 11.2. The van der Waals surface area contributed by atoms with Gasteiger partial charge >= 0.3 is 5.97 Å². The Hall–Kier alpha value is -0.610. The third-order valence-electron chi connectivity index (χ3n) is 2.28. The van der Waals surface area contributed by atoms with Gasteiger partial charge < -0.3 is 9.47 Å². The number of methoxy groups -OCH3 is 1. The van der Waals surface area contributed by atoms with Crippen molar-refractivity contribution in [1.82, 2.24) is 5.32 Å². The van der Waals surface area contributed by atoms with E-state index < -0.39 is 0 Å². The van der Waals surface area contributed by atoms with Crippen LogP contribution in [-0.2, 0) is 14.3 Å². The van der Waals surface area contributed by atoms with Gasteiger partial charge in [-0.2, -0.15) is 0 Å². The number of hydrogen-bond donors (Lipinski definition) is 1. The van der Waals surface area contributed by atoms with E-state index in [2.05, 4.69) is 23.9 Å². The molecule has 1 aliphatic heterocycles. The second-order valence-corrected chi connectivity index (χ2v) is 4.11. The van der Waals surface area contributed by atoms with E-state index in [1.807, 2.05) is 0 Å². The molecule has 14 heavy (non-hydrogen) atoms. The number of carbonyl (C=O) groups excluding carboxylic acids is 1. The van der Waals surface area contributed by atoms with Crippen LogP contribution in [0.2, 0.25) is 0 Å². The molecule has 0 aliphatic carbocycles. The molecule has 0 saturated carbocycles. The summed E-state index contributed by atoms with van der Waals surface area (Å²) < 4.78 is 10.0. The van der Waals surface area contributed by atoms with Crippen molar-refractivity contribution in [1.29, 1.82) is 0 Å². The lowest BCUT2D eigenvalue weighted by Gasteiger charge is -2.30. The van der Waals surface area contributed by atoms with Gasteiger partial charge in [0.2, 0.25) is 0 Å². The minimum Gasteiger partial charge on any atom is -0.468 e. The third-order valence-corrected chi connectivity index (χ3v) is 2.28. The predicted octanol–water partition coefficient (Wildman–Crippen LogP) is 0.562. The van der Waals surface area contributed by atoms with E-state index in [1.54, 1.807) is 0 Å². The zero-order valence-corrected chi connectivity index (χ0v) is 9.08. The zero-order valence-electron chi connectivity index (χ0n) is 9.08. The molecular weight excluding hydrogens is 182 g/mol. The first-order valence-corrected chi connectivity index (χ1v) is 5.05. The van der Waals surface area contributed by atoms with E-state index in [-0.39, 0.29) is 18.1 Å². The van der Waals surface area contributed by atoms with Gasteiger partial charge in [0.05, 0.1) is 20.3 Å². The van der Waals surface area contributed by atoms with Gasteiger partial charge in [-0.05, 0) is 12.3 Å². The first-order valence-electron chi connectivity index (χ1n) is 5.05. The predicted molar refractivity (Wildman–Crippen MR) is 53.0 cm³/mol. The van der Waals surface area contributed by atoms with Gasteiger partial charge in [0.15, 0.2) is 0 Å². The average Bonchev–Trinajstić information content (AvgIpc) is 2.16. The van der Waals surface area contributed by atoms with Crippen molar-refractivity contribution in [2.75, 3.05) is 20.3 Å². The molecule has 82 valence electrons. The fourth-order valence-corrected chi connectivity index (χ4v) is 1.69. The number of ether oxygens (including phenoxy) is 2. The Morgan fingerprint density at radius 1 is 1.57 bits per heavy atom. The summed E-state index contributed by atoms with van der Waals surface area (Å²) in [4.78, 5) is 11.2. The van der Waals surface area contributed by atoms with E-state index >= 15 is 0 Å². The normalized spacial score (nSPS) is 27.7. The van der Waals surface area contributed by atoms with Crippen LogP contribution in [0.15, 0.2) is 0 Å². The lowest BCUT2D eigenvalue weighted by Crippen LogP contribution is -2.53. The van der Waals surface area contributed by atoms with E-state index in [9.17, 15) is 4.79 Å². The molecule has 0 spiro atoms. The molecule has 4 heteroatoms. The Labute approximate surface area is 85.0 Å². The molecule has 0 bridgehead atoms. The van der Waals surface area contributed by atoms with E-state index in [4.69, 9.17) is 4.74 Å². The van der Waals surface area contributed by atoms with Gasteiger partial charge in [-0.1, -0.05) is 13.8 Å². The molecule has 1 N–H and O–H groups in total. The summed E-state index contributed by atoms with van der Waals surface area (Å²) in [6.07, 6.45) is 1.02. The van der Waals surface area contributed by atoms with Gasteiger partial charge in [0, 0.05) is 6.04 Å². The Morgan fingerprint density at radius 3 is 2.86 bits per heavy atom. The van der Waals surface area contributed by atoms with Crippen molar-refractivity contribution < 1.29 is 14.3 Å². The van der Waals surface area contributed by atoms with Gasteiger partial charge in [-0.25, -0.2) is 0 Å². The van der Waals surface area contributed by atoms with Gasteiger partial charge in [0.25, 0.3) is 0 Å². The lowest BCUT2D eigenvalue weighted by molar-refractivity contribution is -0.147. The quantitative estimate of drug-likeness (QED) is 0.678. The standard InChI is InChI=1S/C10H19NO3/c1-7(2)4-8-5-14-6-9(11-8)10(12)13-3/h7-9,11H,4-6H2,1-3H3. The number of rotatable bonds is 3. The molecule has 2 atom stereocenters. The summed E-state index contributed by atoms with van der Waals surface area (Å²) in [6, 6.07) is -0.0228. The van der Waals surface area contributed by atoms with Crippen molar-refractivity contribution in [3.8, 4) is 0 Å². The van der Waals surface area contributed by atoms with Crippen LogP contribution in [0.1, 0.15) is 20.3 Å². The van der Waals surface area contributed by atoms with Crippen LogP contribution in [0.25, 0.3) is 0 Å². The molecule has 1 fully saturated rings. The Balaban J connectivity index is 2.39. The molecule has 1 saturated heterocycles. The molecule has 0 amide bonds. The van der Waals surface area contributed by atoms with Crippen molar-refractivity contribution >= 4 is 5.97 Å². The highest BCUT2D eigenvalue weighted by Crippen LogP contribution is 2.10. The number of nitrogens with one attached hydrogen (secondary N) is 1. The molecule has 0 aromatic heterocycles. The van der Waals surface area contributed by atoms with Gasteiger partial charge in [0.1, 0.15) is 6.04 Å². The highest BCUT2D eigenvalue weighted by atomic mass is 16.5. The molecule has 0 aromatic carbocycles. The molecule has 4 nitrogen and oxygen atoms in total. The number of morpholine rings is 1. The maximum Gasteiger partial charge on any atom is 0.325 e. The highest BCUT2D eigenvalue weighted by Gasteiger charge is 2.27. The molecule has 1 rings (SSSR count). The Kier molecular flexibility index (Phi) is 4.35. The van der Waals surface area contributed by atoms with Crippen LogP contribution >= 0.6 is 0 Å². The zero-order chi connectivity index (χ0) is 10.6. The van der Waals surface area contributed by atoms with E-state index in [1.165, 1.54) is 7.11 Å². The highest BCUT2D eigenvalue weighted by molar-refractivity contribution is 5.75. The first-order chi connectivity index (χ1) is 6.63. The minimum absolute atomic E-state index is 0.238. The van der Waals surface area contributed by atoms with E-state index in [0.29, 0.717) is 19.1 Å². The smallest absolute Gasteiger partial charge is 0.325 e. The summed E-state index contributed by atoms with van der Waals surface area (Å²) in [5, 5.41) is 3.24. The molecule has 0 aromatic rings. The molecule has 1 aliphatic rings. The molecule has 0 radical (unpaired) electrons. The molecular formula is C10H19NO3. The van der Waals surface area contributed by atoms with Crippen LogP contribution in [-0.4, -0.2) is 38.4 Å². The molecule has 2 unspecified atom stereocenters. The molecule has 1 heterocycles.